The van der Waals surface area contributed by atoms with E-state index in [2.05, 4.69) is 15.6 Å². The van der Waals surface area contributed by atoms with Crippen LogP contribution in [0.3, 0.4) is 0 Å². The Morgan fingerprint density at radius 2 is 1.90 bits per heavy atom. The molecule has 39 heavy (non-hydrogen) atoms. The first-order valence-corrected chi connectivity index (χ1v) is 13.9. The molecule has 1 aliphatic heterocycles. The van der Waals surface area contributed by atoms with E-state index in [1.165, 1.54) is 16.2 Å². The number of Topliss-reactive ketones (excluding diaryl/α,β-unsaturated/α-hetero) is 1. The van der Waals surface area contributed by atoms with Crippen molar-refractivity contribution >= 4 is 34.8 Å². The van der Waals surface area contributed by atoms with Crippen molar-refractivity contribution in [3.05, 3.63) is 52.5 Å². The van der Waals surface area contributed by atoms with Gasteiger partial charge in [-0.3, -0.25) is 19.2 Å². The van der Waals surface area contributed by atoms with Gasteiger partial charge in [0, 0.05) is 43.8 Å². The molecule has 1 aromatic carbocycles. The number of ketones is 1. The Hall–Kier alpha value is -3.25. The maximum atomic E-state index is 13.5. The van der Waals surface area contributed by atoms with Crippen LogP contribution in [0.25, 0.3) is 0 Å². The van der Waals surface area contributed by atoms with Gasteiger partial charge in [-0.05, 0) is 24.3 Å². The summed E-state index contributed by atoms with van der Waals surface area (Å²) in [4.78, 5) is 57.8. The summed E-state index contributed by atoms with van der Waals surface area (Å²) in [5.74, 6) is -5.44. The van der Waals surface area contributed by atoms with Crippen LogP contribution in [-0.2, 0) is 36.9 Å². The number of ether oxygens (including phenoxy) is 1. The lowest BCUT2D eigenvalue weighted by atomic mass is 9.84. The molecule has 2 fully saturated rings. The molecule has 1 saturated carbocycles. The summed E-state index contributed by atoms with van der Waals surface area (Å²) in [6, 6.07) is 6.79. The number of nitrogens with zero attached hydrogens (tertiary/aromatic N) is 2. The summed E-state index contributed by atoms with van der Waals surface area (Å²) in [5, 5.41) is 7.61. The Morgan fingerprint density at radius 1 is 1.15 bits per heavy atom. The van der Waals surface area contributed by atoms with Gasteiger partial charge >= 0.3 is 0 Å². The summed E-state index contributed by atoms with van der Waals surface area (Å²) in [6.45, 7) is 0.429. The van der Waals surface area contributed by atoms with Crippen LogP contribution in [-0.4, -0.2) is 71.2 Å². The van der Waals surface area contributed by atoms with Gasteiger partial charge in [0.25, 0.3) is 5.91 Å². The van der Waals surface area contributed by atoms with Crippen LogP contribution in [0.4, 0.5) is 8.78 Å². The molecule has 0 bridgehead atoms. The fourth-order valence-electron chi connectivity index (χ4n) is 4.86. The predicted octanol–water partition coefficient (Wildman–Crippen LogP) is 2.50. The Balaban J connectivity index is 1.42. The van der Waals surface area contributed by atoms with Crippen LogP contribution in [0, 0.1) is 5.92 Å². The Bertz CT molecular complexity index is 1140. The molecule has 1 saturated heterocycles. The second-order valence-electron chi connectivity index (χ2n) is 9.90. The highest BCUT2D eigenvalue weighted by Gasteiger charge is 2.39. The van der Waals surface area contributed by atoms with E-state index in [9.17, 15) is 28.0 Å². The third-order valence-electron chi connectivity index (χ3n) is 7.07. The molecule has 2 heterocycles. The molecule has 12 heteroatoms. The van der Waals surface area contributed by atoms with Gasteiger partial charge in [-0.25, -0.2) is 13.8 Å². The maximum absolute atomic E-state index is 13.5. The van der Waals surface area contributed by atoms with Gasteiger partial charge in [-0.2, -0.15) is 0 Å². The van der Waals surface area contributed by atoms with E-state index in [0.717, 1.165) is 5.56 Å². The highest BCUT2D eigenvalue weighted by Crippen LogP contribution is 2.37. The first-order chi connectivity index (χ1) is 18.7. The summed E-state index contributed by atoms with van der Waals surface area (Å²) in [6.07, 6.45) is 1.76. The molecule has 210 valence electrons. The summed E-state index contributed by atoms with van der Waals surface area (Å²) >= 11 is 1.34. The monoisotopic (exact) mass is 562 g/mol. The fourth-order valence-corrected chi connectivity index (χ4v) is 5.41. The van der Waals surface area contributed by atoms with Gasteiger partial charge in [0.15, 0.2) is 0 Å². The summed E-state index contributed by atoms with van der Waals surface area (Å²) in [7, 11) is 0. The molecule has 0 spiro atoms. The highest BCUT2D eigenvalue weighted by molar-refractivity contribution is 7.09. The van der Waals surface area contributed by atoms with Gasteiger partial charge < -0.3 is 20.3 Å². The van der Waals surface area contributed by atoms with Crippen LogP contribution < -0.4 is 10.6 Å². The number of rotatable bonds is 10. The largest absolute Gasteiger partial charge is 0.377 e. The van der Waals surface area contributed by atoms with Crippen molar-refractivity contribution in [1.82, 2.24) is 20.5 Å². The smallest absolute Gasteiger partial charge is 0.289 e. The third-order valence-corrected chi connectivity index (χ3v) is 7.85. The number of alkyl halides is 2. The number of halogens is 2. The minimum absolute atomic E-state index is 0.0667. The number of nitrogens with one attached hydrogen (secondary N) is 2. The average molecular weight is 563 g/mol. The van der Waals surface area contributed by atoms with Crippen molar-refractivity contribution in [2.24, 2.45) is 5.92 Å². The van der Waals surface area contributed by atoms with Crippen LogP contribution in [0.15, 0.2) is 41.9 Å². The van der Waals surface area contributed by atoms with Gasteiger partial charge in [-0.1, -0.05) is 30.3 Å². The fraction of sp³-hybridized carbons (Fsp3) is 0.519. The number of benzene rings is 1. The maximum Gasteiger partial charge on any atom is 0.289 e. The number of hydrogen-bond donors (Lipinski definition) is 2. The van der Waals surface area contributed by atoms with Crippen molar-refractivity contribution in [2.75, 3.05) is 19.8 Å². The standard InChI is InChI=1S/C27H32F2N4O5S/c28-27(29)8-6-19(7-9-27)15-23(34)33-11-12-38-17-21(33)25(36)32-20(14-18-4-2-1-3-5-18)24(35)26(37)31-16-22-30-10-13-39-22/h1-5,10,13,19-21H,6-9,11-12,14-17H2,(H,31,37)(H,32,36)/t20-,21-/m1/s1. The molecule has 2 aliphatic rings. The van der Waals surface area contributed by atoms with E-state index in [1.807, 2.05) is 6.07 Å². The van der Waals surface area contributed by atoms with Crippen molar-refractivity contribution in [3.63, 3.8) is 0 Å². The van der Waals surface area contributed by atoms with E-state index in [-0.39, 0.29) is 76.7 Å². The number of carbonyl (C=O) groups excluding carboxylic acids is 4. The van der Waals surface area contributed by atoms with Gasteiger partial charge in [-0.15, -0.1) is 11.3 Å². The second kappa shape index (κ2) is 13.2. The van der Waals surface area contributed by atoms with Crippen molar-refractivity contribution in [1.29, 1.82) is 0 Å². The minimum atomic E-state index is -2.69. The topological polar surface area (TPSA) is 118 Å². The quantitative estimate of drug-likeness (QED) is 0.430. The number of morpholine rings is 1. The van der Waals surface area contributed by atoms with E-state index in [4.69, 9.17) is 4.74 Å². The molecule has 3 amide bonds. The van der Waals surface area contributed by atoms with Crippen LogP contribution in [0.1, 0.15) is 42.7 Å². The summed E-state index contributed by atoms with van der Waals surface area (Å²) < 4.78 is 32.5. The van der Waals surface area contributed by atoms with Crippen LogP contribution in [0.5, 0.6) is 0 Å². The van der Waals surface area contributed by atoms with Crippen molar-refractivity contribution in [3.8, 4) is 0 Å². The van der Waals surface area contributed by atoms with Crippen LogP contribution in [0.2, 0.25) is 0 Å². The Kier molecular flexibility index (Phi) is 9.73. The zero-order valence-corrected chi connectivity index (χ0v) is 22.3. The lowest BCUT2D eigenvalue weighted by molar-refractivity contribution is -0.151. The number of aromatic nitrogens is 1. The molecular formula is C27H32F2N4O5S. The number of hydrogen-bond acceptors (Lipinski definition) is 7. The van der Waals surface area contributed by atoms with Crippen molar-refractivity contribution in [2.45, 2.75) is 63.1 Å². The summed E-state index contributed by atoms with van der Waals surface area (Å²) in [5.41, 5.74) is 0.741. The molecule has 1 aromatic heterocycles. The molecular weight excluding hydrogens is 530 g/mol. The molecule has 0 unspecified atom stereocenters. The lowest BCUT2D eigenvalue weighted by Gasteiger charge is -2.37. The third kappa shape index (κ3) is 8.12. The Morgan fingerprint density at radius 3 is 2.59 bits per heavy atom. The van der Waals surface area contributed by atoms with E-state index in [0.29, 0.717) is 5.01 Å². The molecule has 2 atom stereocenters. The normalized spacial score (nSPS) is 20.2. The Labute approximate surface area is 229 Å². The van der Waals surface area contributed by atoms with Gasteiger partial charge in [0.1, 0.15) is 17.1 Å². The van der Waals surface area contributed by atoms with Gasteiger partial charge in [0.05, 0.1) is 19.8 Å². The molecule has 1 aliphatic carbocycles. The number of thiazole rings is 1. The number of carbonyl (C=O) groups is 4. The van der Waals surface area contributed by atoms with Gasteiger partial charge in [0.2, 0.25) is 23.5 Å². The van der Waals surface area contributed by atoms with Crippen LogP contribution >= 0.6 is 11.3 Å². The molecule has 2 aromatic rings. The van der Waals surface area contributed by atoms with E-state index < -0.39 is 35.6 Å². The molecule has 9 nitrogen and oxygen atoms in total. The van der Waals surface area contributed by atoms with E-state index >= 15 is 0 Å². The number of amides is 3. The zero-order valence-electron chi connectivity index (χ0n) is 21.4. The zero-order chi connectivity index (χ0) is 27.8. The minimum Gasteiger partial charge on any atom is -0.377 e. The average Bonchev–Trinajstić information content (AvgIpc) is 3.46. The molecule has 0 radical (unpaired) electrons. The van der Waals surface area contributed by atoms with E-state index in [1.54, 1.807) is 35.8 Å². The lowest BCUT2D eigenvalue weighted by Crippen LogP contribution is -2.59. The predicted molar refractivity (Wildman–Crippen MR) is 139 cm³/mol. The van der Waals surface area contributed by atoms with Crippen molar-refractivity contribution < 1.29 is 32.7 Å². The second-order valence-corrected chi connectivity index (χ2v) is 10.9. The SMILES string of the molecule is O=C(NCc1nccs1)C(=O)[C@@H](Cc1ccccc1)NC(=O)[C@H]1COCCN1C(=O)CC1CCC(F)(F)CC1. The molecule has 4 rings (SSSR count). The highest BCUT2D eigenvalue weighted by atomic mass is 32.1. The first-order valence-electron chi connectivity index (χ1n) is 13.0. The first kappa shape index (κ1) is 28.8. The molecule has 2 N–H and O–H groups in total.